The van der Waals surface area contributed by atoms with Crippen molar-refractivity contribution < 1.29 is 9.53 Å². The van der Waals surface area contributed by atoms with Crippen LogP contribution < -0.4 is 21.1 Å². The second-order valence-corrected chi connectivity index (χ2v) is 4.76. The van der Waals surface area contributed by atoms with Crippen LogP contribution in [-0.2, 0) is 6.54 Å². The summed E-state index contributed by atoms with van der Waals surface area (Å²) in [5.41, 5.74) is 7.55. The first kappa shape index (κ1) is 15.0. The van der Waals surface area contributed by atoms with Crippen molar-refractivity contribution in [2.45, 2.75) is 6.54 Å². The number of benzene rings is 2. The lowest BCUT2D eigenvalue weighted by Gasteiger charge is -2.11. The highest BCUT2D eigenvalue weighted by atomic mass is 35.5. The van der Waals surface area contributed by atoms with Crippen LogP contribution >= 0.6 is 11.6 Å². The summed E-state index contributed by atoms with van der Waals surface area (Å²) in [6.45, 7) is 0.360. The van der Waals surface area contributed by atoms with Gasteiger partial charge >= 0.3 is 6.03 Å². The monoisotopic (exact) mass is 305 g/mol. The van der Waals surface area contributed by atoms with E-state index in [2.05, 4.69) is 10.6 Å². The van der Waals surface area contributed by atoms with Gasteiger partial charge in [-0.25, -0.2) is 4.79 Å². The fourth-order valence-corrected chi connectivity index (χ4v) is 1.99. The fourth-order valence-electron chi connectivity index (χ4n) is 1.80. The van der Waals surface area contributed by atoms with Crippen LogP contribution in [0.4, 0.5) is 16.2 Å². The lowest BCUT2D eigenvalue weighted by atomic mass is 10.2. The summed E-state index contributed by atoms with van der Waals surface area (Å²) in [6, 6.07) is 12.1. The van der Waals surface area contributed by atoms with Crippen LogP contribution in [0, 0.1) is 0 Å². The van der Waals surface area contributed by atoms with E-state index in [9.17, 15) is 4.79 Å². The number of amides is 2. The summed E-state index contributed by atoms with van der Waals surface area (Å²) < 4.78 is 5.22. The zero-order valence-electron chi connectivity index (χ0n) is 11.5. The molecule has 0 bridgehead atoms. The summed E-state index contributed by atoms with van der Waals surface area (Å²) in [5, 5.41) is 5.84. The van der Waals surface area contributed by atoms with E-state index in [1.165, 1.54) is 0 Å². The zero-order valence-corrected chi connectivity index (χ0v) is 12.3. The van der Waals surface area contributed by atoms with Gasteiger partial charge in [-0.3, -0.25) is 0 Å². The van der Waals surface area contributed by atoms with Crippen LogP contribution in [0.15, 0.2) is 42.5 Å². The highest BCUT2D eigenvalue weighted by molar-refractivity contribution is 6.33. The van der Waals surface area contributed by atoms with Gasteiger partial charge in [-0.1, -0.05) is 29.8 Å². The van der Waals surface area contributed by atoms with Crippen LogP contribution in [0.5, 0.6) is 5.75 Å². The molecule has 4 N–H and O–H groups in total. The summed E-state index contributed by atoms with van der Waals surface area (Å²) in [4.78, 5) is 11.8. The van der Waals surface area contributed by atoms with Gasteiger partial charge < -0.3 is 21.1 Å². The number of para-hydroxylation sites is 1. The Balaban J connectivity index is 1.94. The fraction of sp³-hybridized carbons (Fsp3) is 0.133. The van der Waals surface area contributed by atoms with Crippen molar-refractivity contribution in [3.63, 3.8) is 0 Å². The number of urea groups is 1. The van der Waals surface area contributed by atoms with E-state index in [1.807, 2.05) is 24.3 Å². The quantitative estimate of drug-likeness (QED) is 0.759. The van der Waals surface area contributed by atoms with Crippen LogP contribution in [-0.4, -0.2) is 13.1 Å². The molecule has 0 spiro atoms. The molecule has 0 saturated heterocycles. The largest absolute Gasteiger partial charge is 0.496 e. The van der Waals surface area contributed by atoms with Gasteiger partial charge in [0, 0.05) is 17.8 Å². The van der Waals surface area contributed by atoms with Gasteiger partial charge in [0.25, 0.3) is 0 Å². The maximum Gasteiger partial charge on any atom is 0.319 e. The molecule has 0 radical (unpaired) electrons. The number of carbonyl (C=O) groups excluding carboxylic acids is 1. The second-order valence-electron chi connectivity index (χ2n) is 4.36. The number of halogens is 1. The number of methoxy groups -OCH3 is 1. The average Bonchev–Trinajstić information content (AvgIpc) is 2.49. The minimum atomic E-state index is -0.332. The molecule has 110 valence electrons. The van der Waals surface area contributed by atoms with Crippen molar-refractivity contribution in [3.8, 4) is 5.75 Å². The summed E-state index contributed by atoms with van der Waals surface area (Å²) in [5.74, 6) is 0.730. The number of rotatable bonds is 4. The third-order valence-corrected chi connectivity index (χ3v) is 3.22. The first-order valence-corrected chi connectivity index (χ1v) is 6.69. The van der Waals surface area contributed by atoms with Crippen molar-refractivity contribution in [1.29, 1.82) is 0 Å². The molecule has 0 atom stereocenters. The van der Waals surface area contributed by atoms with Crippen LogP contribution in [0.25, 0.3) is 0 Å². The van der Waals surface area contributed by atoms with Gasteiger partial charge in [-0.15, -0.1) is 0 Å². The maximum atomic E-state index is 11.8. The third kappa shape index (κ3) is 4.03. The van der Waals surface area contributed by atoms with Gasteiger partial charge in [-0.05, 0) is 24.3 Å². The number of nitrogens with two attached hydrogens (primary N) is 1. The molecular weight excluding hydrogens is 290 g/mol. The van der Waals surface area contributed by atoms with Gasteiger partial charge in [-0.2, -0.15) is 0 Å². The highest BCUT2D eigenvalue weighted by Crippen LogP contribution is 2.22. The maximum absolute atomic E-state index is 11.8. The molecule has 0 aromatic heterocycles. The summed E-state index contributed by atoms with van der Waals surface area (Å²) in [7, 11) is 1.59. The number of nitrogens with one attached hydrogen (secondary N) is 2. The Bertz CT molecular complexity index is 647. The predicted molar refractivity (Wildman–Crippen MR) is 84.7 cm³/mol. The Kier molecular flexibility index (Phi) is 4.90. The number of hydrogen-bond donors (Lipinski definition) is 3. The predicted octanol–water partition coefficient (Wildman–Crippen LogP) is 3.25. The lowest BCUT2D eigenvalue weighted by molar-refractivity contribution is 0.251. The first-order chi connectivity index (χ1) is 10.1. The molecule has 0 heterocycles. The normalized spacial score (nSPS) is 10.0. The molecule has 0 saturated carbocycles. The third-order valence-electron chi connectivity index (χ3n) is 2.89. The number of anilines is 2. The molecule has 0 aliphatic carbocycles. The molecule has 0 unspecified atom stereocenters. The molecule has 2 aromatic carbocycles. The van der Waals surface area contributed by atoms with Crippen LogP contribution in [0.2, 0.25) is 5.02 Å². The Morgan fingerprint density at radius 3 is 2.76 bits per heavy atom. The Hall–Kier alpha value is -2.40. The minimum Gasteiger partial charge on any atom is -0.496 e. The average molecular weight is 306 g/mol. The number of hydrogen-bond acceptors (Lipinski definition) is 3. The van der Waals surface area contributed by atoms with E-state index >= 15 is 0 Å². The Morgan fingerprint density at radius 2 is 2.05 bits per heavy atom. The van der Waals surface area contributed by atoms with Gasteiger partial charge in [0.15, 0.2) is 0 Å². The van der Waals surface area contributed by atoms with Crippen molar-refractivity contribution in [3.05, 3.63) is 53.1 Å². The second kappa shape index (κ2) is 6.85. The molecule has 0 aliphatic rings. The van der Waals surface area contributed by atoms with Crippen LogP contribution in [0.1, 0.15) is 5.56 Å². The number of ether oxygens (including phenoxy) is 1. The zero-order chi connectivity index (χ0) is 15.2. The molecule has 2 amide bonds. The molecule has 21 heavy (non-hydrogen) atoms. The molecule has 2 rings (SSSR count). The molecule has 0 fully saturated rings. The van der Waals surface area contributed by atoms with E-state index in [0.717, 1.165) is 11.3 Å². The summed E-state index contributed by atoms with van der Waals surface area (Å²) >= 11 is 5.90. The van der Waals surface area contributed by atoms with E-state index in [1.54, 1.807) is 25.3 Å². The van der Waals surface area contributed by atoms with Crippen LogP contribution in [0.3, 0.4) is 0 Å². The van der Waals surface area contributed by atoms with Crippen molar-refractivity contribution in [2.24, 2.45) is 0 Å². The molecule has 0 aliphatic heterocycles. The van der Waals surface area contributed by atoms with E-state index < -0.39 is 0 Å². The molecule has 2 aromatic rings. The van der Waals surface area contributed by atoms with Gasteiger partial charge in [0.2, 0.25) is 0 Å². The van der Waals surface area contributed by atoms with Crippen molar-refractivity contribution >= 4 is 29.0 Å². The van der Waals surface area contributed by atoms with Crippen molar-refractivity contribution in [1.82, 2.24) is 5.32 Å². The standard InChI is InChI=1S/C15H16ClN3O2/c1-21-14-5-3-2-4-10(14)9-18-15(20)19-11-6-7-13(17)12(16)8-11/h2-8H,9,17H2,1H3,(H2,18,19,20). The van der Waals surface area contributed by atoms with E-state index in [0.29, 0.717) is 22.9 Å². The van der Waals surface area contributed by atoms with Crippen molar-refractivity contribution in [2.75, 3.05) is 18.2 Å². The Labute approximate surface area is 128 Å². The Morgan fingerprint density at radius 1 is 1.29 bits per heavy atom. The molecular formula is C15H16ClN3O2. The lowest BCUT2D eigenvalue weighted by Crippen LogP contribution is -2.28. The highest BCUT2D eigenvalue weighted by Gasteiger charge is 2.06. The molecule has 5 nitrogen and oxygen atoms in total. The van der Waals surface area contributed by atoms with E-state index in [4.69, 9.17) is 22.1 Å². The van der Waals surface area contributed by atoms with Gasteiger partial charge in [0.1, 0.15) is 5.75 Å². The van der Waals surface area contributed by atoms with E-state index in [-0.39, 0.29) is 6.03 Å². The minimum absolute atomic E-state index is 0.332. The topological polar surface area (TPSA) is 76.4 Å². The molecule has 6 heteroatoms. The SMILES string of the molecule is COc1ccccc1CNC(=O)Nc1ccc(N)c(Cl)c1. The number of carbonyl (C=O) groups is 1. The summed E-state index contributed by atoms with van der Waals surface area (Å²) in [6.07, 6.45) is 0. The first-order valence-electron chi connectivity index (χ1n) is 6.32. The number of nitrogen functional groups attached to an aromatic ring is 1. The van der Waals surface area contributed by atoms with Gasteiger partial charge in [0.05, 0.1) is 17.8 Å². The smallest absolute Gasteiger partial charge is 0.319 e.